The molecular formula is C27H31N3O2S. The minimum atomic E-state index is -0.138. The van der Waals surface area contributed by atoms with Crippen LogP contribution in [0.2, 0.25) is 0 Å². The van der Waals surface area contributed by atoms with Gasteiger partial charge < -0.3 is 5.32 Å². The maximum Gasteiger partial charge on any atom is 0.263 e. The third-order valence-corrected chi connectivity index (χ3v) is 9.63. The lowest BCUT2D eigenvalue weighted by Crippen LogP contribution is -2.56. The number of thiophene rings is 1. The molecular weight excluding hydrogens is 430 g/mol. The third-order valence-electron chi connectivity index (χ3n) is 8.61. The number of aromatic nitrogens is 2. The largest absolute Gasteiger partial charge is 0.352 e. The zero-order valence-corrected chi connectivity index (χ0v) is 20.2. The first kappa shape index (κ1) is 21.1. The van der Waals surface area contributed by atoms with E-state index in [1.165, 1.54) is 60.8 Å². The summed E-state index contributed by atoms with van der Waals surface area (Å²) in [6.45, 7) is 4.23. The van der Waals surface area contributed by atoms with Crippen molar-refractivity contribution >= 4 is 27.5 Å². The van der Waals surface area contributed by atoms with Crippen LogP contribution >= 0.6 is 11.3 Å². The Kier molecular flexibility index (Phi) is 4.98. The van der Waals surface area contributed by atoms with E-state index in [-0.39, 0.29) is 29.5 Å². The first-order valence-electron chi connectivity index (χ1n) is 12.3. The van der Waals surface area contributed by atoms with Gasteiger partial charge >= 0.3 is 0 Å². The lowest BCUT2D eigenvalue weighted by atomic mass is 9.48. The second-order valence-corrected chi connectivity index (χ2v) is 12.0. The van der Waals surface area contributed by atoms with Crippen molar-refractivity contribution < 1.29 is 4.79 Å². The summed E-state index contributed by atoms with van der Waals surface area (Å²) < 4.78 is 1.47. The second-order valence-electron chi connectivity index (χ2n) is 10.8. The molecule has 172 valence electrons. The molecule has 1 atom stereocenters. The van der Waals surface area contributed by atoms with Crippen molar-refractivity contribution in [2.24, 2.45) is 23.2 Å². The van der Waals surface area contributed by atoms with Crippen LogP contribution in [-0.4, -0.2) is 21.5 Å². The van der Waals surface area contributed by atoms with Crippen molar-refractivity contribution in [3.63, 3.8) is 0 Å². The first-order valence-corrected chi connectivity index (χ1v) is 13.1. The Bertz CT molecular complexity index is 1240. The van der Waals surface area contributed by atoms with Gasteiger partial charge in [0.2, 0.25) is 5.91 Å². The van der Waals surface area contributed by atoms with Crippen LogP contribution < -0.4 is 10.9 Å². The number of rotatable bonds is 5. The molecule has 3 aromatic rings. The molecule has 4 saturated carbocycles. The van der Waals surface area contributed by atoms with Crippen LogP contribution in [0.3, 0.4) is 0 Å². The Hall–Kier alpha value is -2.47. The molecule has 4 bridgehead atoms. The normalized spacial score (nSPS) is 28.8. The fourth-order valence-corrected chi connectivity index (χ4v) is 8.51. The van der Waals surface area contributed by atoms with Gasteiger partial charge in [0.05, 0.1) is 11.7 Å². The standard InChI is InChI=1S/C27H31N3O2S/c1-16-23(21-6-4-3-5-7-21)24-25(33-16)28-15-30(26(24)32)14-22(31)29-17(2)27-11-18-8-19(12-27)10-20(9-18)13-27/h3-7,15,17-20H,8-14H2,1-2H3,(H,29,31)/t17-,18?,19?,20?,27?/m1/s1. The Morgan fingerprint density at radius 3 is 2.42 bits per heavy atom. The number of carbonyl (C=O) groups excluding carboxylic acids is 1. The van der Waals surface area contributed by atoms with Crippen LogP contribution in [0.25, 0.3) is 21.3 Å². The van der Waals surface area contributed by atoms with E-state index in [1.807, 2.05) is 37.3 Å². The Labute approximate surface area is 198 Å². The summed E-state index contributed by atoms with van der Waals surface area (Å²) >= 11 is 1.53. The van der Waals surface area contributed by atoms with Gasteiger partial charge in [-0.25, -0.2) is 4.98 Å². The van der Waals surface area contributed by atoms with Crippen LogP contribution in [0.4, 0.5) is 0 Å². The Morgan fingerprint density at radius 1 is 1.15 bits per heavy atom. The topological polar surface area (TPSA) is 64.0 Å². The van der Waals surface area contributed by atoms with Gasteiger partial charge in [0.25, 0.3) is 5.56 Å². The summed E-state index contributed by atoms with van der Waals surface area (Å²) in [6.07, 6.45) is 9.47. The number of amides is 1. The Morgan fingerprint density at radius 2 is 1.79 bits per heavy atom. The van der Waals surface area contributed by atoms with E-state index in [9.17, 15) is 9.59 Å². The number of hydrogen-bond acceptors (Lipinski definition) is 4. The Balaban J connectivity index is 1.25. The monoisotopic (exact) mass is 461 g/mol. The lowest BCUT2D eigenvalue weighted by molar-refractivity contribution is -0.126. The average molecular weight is 462 g/mol. The van der Waals surface area contributed by atoms with Gasteiger partial charge in [0, 0.05) is 16.5 Å². The number of nitrogens with zero attached hydrogens (tertiary/aromatic N) is 2. The molecule has 2 aromatic heterocycles. The maximum absolute atomic E-state index is 13.4. The van der Waals surface area contributed by atoms with E-state index in [1.54, 1.807) is 0 Å². The highest BCUT2D eigenvalue weighted by molar-refractivity contribution is 7.19. The van der Waals surface area contributed by atoms with Gasteiger partial charge in [-0.15, -0.1) is 11.3 Å². The number of nitrogens with one attached hydrogen (secondary N) is 1. The molecule has 7 rings (SSSR count). The number of benzene rings is 1. The summed E-state index contributed by atoms with van der Waals surface area (Å²) in [5.74, 6) is 2.46. The molecule has 4 aliphatic carbocycles. The van der Waals surface area contributed by atoms with Crippen molar-refractivity contribution in [3.8, 4) is 11.1 Å². The smallest absolute Gasteiger partial charge is 0.263 e. The van der Waals surface area contributed by atoms with Crippen LogP contribution in [0.15, 0.2) is 41.5 Å². The highest BCUT2D eigenvalue weighted by atomic mass is 32.1. The van der Waals surface area contributed by atoms with E-state index in [2.05, 4.69) is 17.2 Å². The number of fused-ring (bicyclic) bond motifs is 1. The fraction of sp³-hybridized carbons (Fsp3) is 0.519. The molecule has 4 aliphatic rings. The van der Waals surface area contributed by atoms with E-state index >= 15 is 0 Å². The first-order chi connectivity index (χ1) is 15.9. The van der Waals surface area contributed by atoms with Crippen molar-refractivity contribution in [3.05, 3.63) is 51.9 Å². The molecule has 2 heterocycles. The SMILES string of the molecule is Cc1sc2ncn(CC(=O)N[C@H](C)C34CC5CC(CC(C5)C3)C4)c(=O)c2c1-c1ccccc1. The summed E-state index contributed by atoms with van der Waals surface area (Å²) in [5.41, 5.74) is 2.06. The van der Waals surface area contributed by atoms with Crippen molar-refractivity contribution in [1.82, 2.24) is 14.9 Å². The average Bonchev–Trinajstić information content (AvgIpc) is 3.12. The molecule has 4 fully saturated rings. The van der Waals surface area contributed by atoms with Gasteiger partial charge in [-0.1, -0.05) is 30.3 Å². The summed E-state index contributed by atoms with van der Waals surface area (Å²) in [7, 11) is 0. The van der Waals surface area contributed by atoms with Crippen LogP contribution in [0.5, 0.6) is 0 Å². The molecule has 1 amide bonds. The van der Waals surface area contributed by atoms with E-state index in [0.717, 1.165) is 38.6 Å². The highest BCUT2D eigenvalue weighted by Gasteiger charge is 2.53. The molecule has 0 aliphatic heterocycles. The molecule has 1 N–H and O–H groups in total. The van der Waals surface area contributed by atoms with Crippen molar-refractivity contribution in [1.29, 1.82) is 0 Å². The quantitative estimate of drug-likeness (QED) is 0.571. The highest BCUT2D eigenvalue weighted by Crippen LogP contribution is 2.61. The number of hydrogen-bond donors (Lipinski definition) is 1. The van der Waals surface area contributed by atoms with Gasteiger partial charge in [-0.05, 0) is 81.1 Å². The fourth-order valence-electron chi connectivity index (χ4n) is 7.51. The van der Waals surface area contributed by atoms with Crippen LogP contribution in [0.1, 0.15) is 50.3 Å². The summed E-state index contributed by atoms with van der Waals surface area (Å²) in [4.78, 5) is 32.8. The van der Waals surface area contributed by atoms with Gasteiger partial charge in [-0.3, -0.25) is 14.2 Å². The minimum Gasteiger partial charge on any atom is -0.352 e. The van der Waals surface area contributed by atoms with Crippen molar-refractivity contribution in [2.45, 2.75) is 65.0 Å². The van der Waals surface area contributed by atoms with Crippen LogP contribution in [-0.2, 0) is 11.3 Å². The second kappa shape index (κ2) is 7.79. The maximum atomic E-state index is 13.4. The molecule has 6 heteroatoms. The number of aryl methyl sites for hydroxylation is 1. The zero-order valence-electron chi connectivity index (χ0n) is 19.3. The zero-order chi connectivity index (χ0) is 22.7. The van der Waals surface area contributed by atoms with Crippen LogP contribution in [0, 0.1) is 30.1 Å². The third kappa shape index (κ3) is 3.54. The van der Waals surface area contributed by atoms with E-state index in [4.69, 9.17) is 0 Å². The van der Waals surface area contributed by atoms with Crippen molar-refractivity contribution in [2.75, 3.05) is 0 Å². The summed E-state index contributed by atoms with van der Waals surface area (Å²) in [6, 6.07) is 10.1. The minimum absolute atomic E-state index is 0.0155. The van der Waals surface area contributed by atoms with E-state index in [0.29, 0.717) is 5.39 Å². The van der Waals surface area contributed by atoms with Gasteiger partial charge in [-0.2, -0.15) is 0 Å². The molecule has 0 unspecified atom stereocenters. The number of carbonyl (C=O) groups is 1. The molecule has 1 aromatic carbocycles. The van der Waals surface area contributed by atoms with Gasteiger partial charge in [0.1, 0.15) is 11.4 Å². The predicted octanol–water partition coefficient (Wildman–Crippen LogP) is 5.15. The predicted molar refractivity (Wildman–Crippen MR) is 132 cm³/mol. The van der Waals surface area contributed by atoms with Gasteiger partial charge in [0.15, 0.2) is 0 Å². The molecule has 0 saturated heterocycles. The molecule has 0 radical (unpaired) electrons. The molecule has 0 spiro atoms. The molecule has 33 heavy (non-hydrogen) atoms. The lowest BCUT2D eigenvalue weighted by Gasteiger charge is -2.59. The summed E-state index contributed by atoms with van der Waals surface area (Å²) in [5, 5.41) is 3.91. The molecule has 5 nitrogen and oxygen atoms in total. The van der Waals surface area contributed by atoms with E-state index < -0.39 is 0 Å².